The Morgan fingerprint density at radius 2 is 2.33 bits per heavy atom. The highest BCUT2D eigenvalue weighted by molar-refractivity contribution is 5.95. The van der Waals surface area contributed by atoms with Crippen molar-refractivity contribution in [3.05, 3.63) is 23.0 Å². The quantitative estimate of drug-likeness (QED) is 0.792. The van der Waals surface area contributed by atoms with Gasteiger partial charge in [0.05, 0.1) is 29.7 Å². The number of carbonyl (C=O) groups is 1. The van der Waals surface area contributed by atoms with E-state index in [2.05, 4.69) is 10.2 Å². The molecule has 1 aliphatic rings. The topological polar surface area (TPSA) is 81.3 Å². The Morgan fingerprint density at radius 1 is 1.56 bits per heavy atom. The van der Waals surface area contributed by atoms with E-state index in [4.69, 9.17) is 10.5 Å². The minimum Gasteiger partial charge on any atom is -0.373 e. The molecule has 0 radical (unpaired) electrons. The largest absolute Gasteiger partial charge is 0.373 e. The van der Waals surface area contributed by atoms with Gasteiger partial charge in [0.25, 0.3) is 5.91 Å². The molecule has 1 aromatic rings. The second-order valence-electron chi connectivity index (χ2n) is 4.46. The molecule has 0 spiro atoms. The van der Waals surface area contributed by atoms with Gasteiger partial charge in [0.15, 0.2) is 0 Å². The molecular formula is C12H18N4O2. The summed E-state index contributed by atoms with van der Waals surface area (Å²) in [6.07, 6.45) is -0.0705. The molecule has 18 heavy (non-hydrogen) atoms. The minimum absolute atomic E-state index is 0.0211. The van der Waals surface area contributed by atoms with Crippen molar-refractivity contribution in [2.75, 3.05) is 26.2 Å². The number of morpholine rings is 1. The van der Waals surface area contributed by atoms with Crippen molar-refractivity contribution < 1.29 is 9.53 Å². The Hall–Kier alpha value is -1.53. The van der Waals surface area contributed by atoms with Gasteiger partial charge >= 0.3 is 0 Å². The molecule has 98 valence electrons. The summed E-state index contributed by atoms with van der Waals surface area (Å²) in [4.78, 5) is 14.2. The maximum Gasteiger partial charge on any atom is 0.256 e. The number of amides is 1. The van der Waals surface area contributed by atoms with Crippen molar-refractivity contribution in [3.63, 3.8) is 0 Å². The Morgan fingerprint density at radius 3 is 3.06 bits per heavy atom. The number of nitrogens with zero attached hydrogens (tertiary/aromatic N) is 3. The number of hydrogen-bond donors (Lipinski definition) is 1. The average Bonchev–Trinajstić information content (AvgIpc) is 2.41. The van der Waals surface area contributed by atoms with E-state index in [0.717, 1.165) is 5.69 Å². The molecule has 0 saturated carbocycles. The van der Waals surface area contributed by atoms with E-state index in [1.165, 1.54) is 0 Å². The van der Waals surface area contributed by atoms with Crippen molar-refractivity contribution in [3.8, 4) is 0 Å². The number of aromatic nitrogens is 2. The van der Waals surface area contributed by atoms with Crippen molar-refractivity contribution in [2.24, 2.45) is 5.73 Å². The highest BCUT2D eigenvalue weighted by Gasteiger charge is 2.25. The van der Waals surface area contributed by atoms with Gasteiger partial charge in [-0.15, -0.1) is 0 Å². The zero-order chi connectivity index (χ0) is 13.1. The fourth-order valence-electron chi connectivity index (χ4n) is 1.98. The van der Waals surface area contributed by atoms with Crippen LogP contribution in [-0.4, -0.2) is 53.3 Å². The lowest BCUT2D eigenvalue weighted by atomic mass is 10.1. The van der Waals surface area contributed by atoms with Gasteiger partial charge < -0.3 is 15.4 Å². The number of carbonyl (C=O) groups excluding carboxylic acids is 1. The van der Waals surface area contributed by atoms with E-state index in [1.54, 1.807) is 17.9 Å². The lowest BCUT2D eigenvalue weighted by molar-refractivity contribution is -0.0168. The SMILES string of the molecule is Cc1cc(C(=O)N2CCOC(CN)C2)c(C)nn1. The molecular weight excluding hydrogens is 232 g/mol. The van der Waals surface area contributed by atoms with Gasteiger partial charge in [-0.25, -0.2) is 0 Å². The third kappa shape index (κ3) is 2.65. The van der Waals surface area contributed by atoms with Crippen LogP contribution in [0.15, 0.2) is 6.07 Å². The Labute approximate surface area is 106 Å². The van der Waals surface area contributed by atoms with Crippen LogP contribution in [-0.2, 0) is 4.74 Å². The van der Waals surface area contributed by atoms with Crippen LogP contribution >= 0.6 is 0 Å². The molecule has 0 aromatic carbocycles. The molecule has 2 rings (SSSR count). The van der Waals surface area contributed by atoms with E-state index in [9.17, 15) is 4.79 Å². The van der Waals surface area contributed by atoms with E-state index < -0.39 is 0 Å². The van der Waals surface area contributed by atoms with Crippen LogP contribution in [0.2, 0.25) is 0 Å². The van der Waals surface area contributed by atoms with Crippen molar-refractivity contribution >= 4 is 5.91 Å². The van der Waals surface area contributed by atoms with E-state index in [1.807, 2.05) is 6.92 Å². The van der Waals surface area contributed by atoms with Crippen LogP contribution in [0, 0.1) is 13.8 Å². The van der Waals surface area contributed by atoms with Crippen LogP contribution in [0.5, 0.6) is 0 Å². The zero-order valence-corrected chi connectivity index (χ0v) is 10.7. The first-order valence-corrected chi connectivity index (χ1v) is 6.03. The Bertz CT molecular complexity index is 450. The summed E-state index contributed by atoms with van der Waals surface area (Å²) in [6, 6.07) is 1.78. The smallest absolute Gasteiger partial charge is 0.256 e. The number of rotatable bonds is 2. The van der Waals surface area contributed by atoms with Crippen molar-refractivity contribution in [1.82, 2.24) is 15.1 Å². The van der Waals surface area contributed by atoms with E-state index in [-0.39, 0.29) is 12.0 Å². The van der Waals surface area contributed by atoms with Gasteiger partial charge in [-0.05, 0) is 19.9 Å². The van der Waals surface area contributed by atoms with Gasteiger partial charge in [-0.3, -0.25) is 4.79 Å². The standard InChI is InChI=1S/C12H18N4O2/c1-8-5-11(9(2)15-14-8)12(17)16-3-4-18-10(6-13)7-16/h5,10H,3-4,6-7,13H2,1-2H3. The van der Waals surface area contributed by atoms with Crippen LogP contribution < -0.4 is 5.73 Å². The number of ether oxygens (including phenoxy) is 1. The van der Waals surface area contributed by atoms with Gasteiger partial charge in [-0.1, -0.05) is 0 Å². The molecule has 1 aromatic heterocycles. The van der Waals surface area contributed by atoms with Gasteiger partial charge in [0, 0.05) is 19.6 Å². The van der Waals surface area contributed by atoms with Crippen LogP contribution in [0.1, 0.15) is 21.7 Å². The molecule has 2 heterocycles. The molecule has 1 saturated heterocycles. The minimum atomic E-state index is -0.0705. The lowest BCUT2D eigenvalue weighted by Crippen LogP contribution is -2.48. The lowest BCUT2D eigenvalue weighted by Gasteiger charge is -2.32. The highest BCUT2D eigenvalue weighted by Crippen LogP contribution is 2.12. The maximum atomic E-state index is 12.4. The number of aryl methyl sites for hydroxylation is 2. The molecule has 1 atom stereocenters. The summed E-state index contributed by atoms with van der Waals surface area (Å²) in [5, 5.41) is 7.91. The molecule has 1 aliphatic heterocycles. The molecule has 1 unspecified atom stereocenters. The third-order valence-corrected chi connectivity index (χ3v) is 3.02. The normalized spacial score (nSPS) is 19.9. The van der Waals surface area contributed by atoms with Crippen LogP contribution in [0.4, 0.5) is 0 Å². The summed E-state index contributed by atoms with van der Waals surface area (Å²) in [5.41, 5.74) is 7.58. The summed E-state index contributed by atoms with van der Waals surface area (Å²) in [6.45, 7) is 5.71. The summed E-state index contributed by atoms with van der Waals surface area (Å²) >= 11 is 0. The molecule has 6 heteroatoms. The van der Waals surface area contributed by atoms with E-state index >= 15 is 0 Å². The summed E-state index contributed by atoms with van der Waals surface area (Å²) < 4.78 is 5.45. The van der Waals surface area contributed by atoms with Crippen molar-refractivity contribution in [2.45, 2.75) is 20.0 Å². The Kier molecular flexibility index (Phi) is 3.88. The molecule has 0 bridgehead atoms. The first-order valence-electron chi connectivity index (χ1n) is 6.03. The average molecular weight is 250 g/mol. The molecule has 0 aliphatic carbocycles. The third-order valence-electron chi connectivity index (χ3n) is 3.02. The maximum absolute atomic E-state index is 12.4. The van der Waals surface area contributed by atoms with Crippen LogP contribution in [0.25, 0.3) is 0 Å². The first kappa shape index (κ1) is 12.9. The predicted octanol–water partition coefficient (Wildman–Crippen LogP) is -0.107. The molecule has 2 N–H and O–H groups in total. The summed E-state index contributed by atoms with van der Waals surface area (Å²) in [7, 11) is 0. The molecule has 6 nitrogen and oxygen atoms in total. The highest BCUT2D eigenvalue weighted by atomic mass is 16.5. The number of hydrogen-bond acceptors (Lipinski definition) is 5. The second kappa shape index (κ2) is 5.41. The summed E-state index contributed by atoms with van der Waals surface area (Å²) in [5.74, 6) is -0.0211. The molecule has 1 fully saturated rings. The predicted molar refractivity (Wildman–Crippen MR) is 66.2 cm³/mol. The van der Waals surface area contributed by atoms with E-state index in [0.29, 0.717) is 37.5 Å². The second-order valence-corrected chi connectivity index (χ2v) is 4.46. The molecule has 1 amide bonds. The number of nitrogens with two attached hydrogens (primary N) is 1. The fourth-order valence-corrected chi connectivity index (χ4v) is 1.98. The fraction of sp³-hybridized carbons (Fsp3) is 0.583. The van der Waals surface area contributed by atoms with Crippen molar-refractivity contribution in [1.29, 1.82) is 0 Å². The van der Waals surface area contributed by atoms with Gasteiger partial charge in [0.1, 0.15) is 0 Å². The van der Waals surface area contributed by atoms with Gasteiger partial charge in [0.2, 0.25) is 0 Å². The zero-order valence-electron chi connectivity index (χ0n) is 10.7. The van der Waals surface area contributed by atoms with Crippen LogP contribution in [0.3, 0.4) is 0 Å². The Balaban J connectivity index is 2.17. The van der Waals surface area contributed by atoms with Gasteiger partial charge in [-0.2, -0.15) is 10.2 Å². The first-order chi connectivity index (χ1) is 8.61. The monoisotopic (exact) mass is 250 g/mol.